The summed E-state index contributed by atoms with van der Waals surface area (Å²) in [6.07, 6.45) is 1.77. The highest BCUT2D eigenvalue weighted by Crippen LogP contribution is 2.11. The molecule has 0 radical (unpaired) electrons. The summed E-state index contributed by atoms with van der Waals surface area (Å²) in [7, 11) is 0. The van der Waals surface area contributed by atoms with E-state index in [9.17, 15) is 5.02 Å². The van der Waals surface area contributed by atoms with Crippen molar-refractivity contribution in [3.8, 4) is 0 Å². The fraction of sp³-hybridized carbons (Fsp3) is 0.167. The summed E-state index contributed by atoms with van der Waals surface area (Å²) in [5.74, 6) is 0. The molecule has 104 valence electrons. The topological polar surface area (TPSA) is 33.1 Å². The highest BCUT2D eigenvalue weighted by Gasteiger charge is 2.23. The fourth-order valence-corrected chi connectivity index (χ4v) is 3.13. The van der Waals surface area contributed by atoms with Crippen molar-refractivity contribution in [2.75, 3.05) is 0 Å². The molecule has 0 aliphatic carbocycles. The van der Waals surface area contributed by atoms with Gasteiger partial charge in [0.2, 0.25) is 0 Å². The van der Waals surface area contributed by atoms with Crippen LogP contribution in [0, 0.1) is 20.8 Å². The SMILES string of the molecule is Cc1cc(C)c(B(O)c2cccc3cccnc23)c(C)c1. The minimum absolute atomic E-state index is 0.649. The highest BCUT2D eigenvalue weighted by atomic mass is 16.2. The fourth-order valence-electron chi connectivity index (χ4n) is 3.13. The van der Waals surface area contributed by atoms with Crippen LogP contribution in [0.3, 0.4) is 0 Å². The number of fused-ring (bicyclic) bond motifs is 1. The third kappa shape index (κ3) is 2.45. The molecule has 0 atom stereocenters. The molecule has 1 aromatic heterocycles. The standard InChI is InChI=1S/C18H18BNO/c1-12-10-13(2)17(14(3)11-12)19(21)16-8-4-6-15-7-5-9-20-18(15)16/h4-11,21H,1-3H3. The smallest absolute Gasteiger partial charge is 0.361 e. The Labute approximate surface area is 125 Å². The molecule has 0 saturated heterocycles. The number of benzene rings is 2. The van der Waals surface area contributed by atoms with Crippen molar-refractivity contribution in [2.24, 2.45) is 0 Å². The Balaban J connectivity index is 2.20. The van der Waals surface area contributed by atoms with Crippen LogP contribution in [0.4, 0.5) is 0 Å². The second-order valence-electron chi connectivity index (χ2n) is 5.64. The van der Waals surface area contributed by atoms with Crippen molar-refractivity contribution in [2.45, 2.75) is 20.8 Å². The number of para-hydroxylation sites is 1. The largest absolute Gasteiger partial charge is 0.443 e. The quantitative estimate of drug-likeness (QED) is 0.728. The van der Waals surface area contributed by atoms with Gasteiger partial charge in [0, 0.05) is 6.20 Å². The lowest BCUT2D eigenvalue weighted by Crippen LogP contribution is -2.45. The van der Waals surface area contributed by atoms with Crippen LogP contribution >= 0.6 is 0 Å². The Morgan fingerprint density at radius 3 is 2.33 bits per heavy atom. The van der Waals surface area contributed by atoms with E-state index < -0.39 is 6.92 Å². The maximum atomic E-state index is 10.9. The van der Waals surface area contributed by atoms with Crippen molar-refractivity contribution in [3.05, 3.63) is 65.4 Å². The first-order chi connectivity index (χ1) is 10.1. The van der Waals surface area contributed by atoms with E-state index in [1.54, 1.807) is 6.20 Å². The van der Waals surface area contributed by atoms with Crippen LogP contribution < -0.4 is 10.9 Å². The van der Waals surface area contributed by atoms with Crippen LogP contribution in [0.1, 0.15) is 16.7 Å². The van der Waals surface area contributed by atoms with Crippen LogP contribution in [-0.2, 0) is 0 Å². The number of pyridine rings is 1. The van der Waals surface area contributed by atoms with Gasteiger partial charge in [-0.1, -0.05) is 53.1 Å². The average Bonchev–Trinajstić information content (AvgIpc) is 2.45. The molecular formula is C18H18BNO. The summed E-state index contributed by atoms with van der Waals surface area (Å²) < 4.78 is 0. The Bertz CT molecular complexity index is 785. The van der Waals surface area contributed by atoms with Gasteiger partial charge >= 0.3 is 6.92 Å². The molecule has 3 rings (SSSR count). The second-order valence-corrected chi connectivity index (χ2v) is 5.64. The molecule has 0 amide bonds. The van der Waals surface area contributed by atoms with E-state index in [-0.39, 0.29) is 0 Å². The summed E-state index contributed by atoms with van der Waals surface area (Å²) in [5, 5.41) is 12.0. The molecule has 0 aliphatic heterocycles. The lowest BCUT2D eigenvalue weighted by molar-refractivity contribution is 0.600. The number of hydrogen-bond donors (Lipinski definition) is 1. The Kier molecular flexibility index (Phi) is 3.52. The molecule has 0 unspecified atom stereocenters. The number of hydrogen-bond acceptors (Lipinski definition) is 2. The number of aryl methyl sites for hydroxylation is 3. The van der Waals surface area contributed by atoms with E-state index >= 15 is 0 Å². The third-order valence-electron chi connectivity index (χ3n) is 3.97. The van der Waals surface area contributed by atoms with Crippen molar-refractivity contribution >= 4 is 28.7 Å². The first-order valence-corrected chi connectivity index (χ1v) is 7.17. The molecule has 1 N–H and O–H groups in total. The zero-order valence-electron chi connectivity index (χ0n) is 12.6. The molecule has 2 aromatic carbocycles. The van der Waals surface area contributed by atoms with Crippen molar-refractivity contribution in [3.63, 3.8) is 0 Å². The third-order valence-corrected chi connectivity index (χ3v) is 3.97. The lowest BCUT2D eigenvalue weighted by Gasteiger charge is -2.16. The minimum Gasteiger partial charge on any atom is -0.443 e. The van der Waals surface area contributed by atoms with E-state index in [0.29, 0.717) is 0 Å². The van der Waals surface area contributed by atoms with Crippen molar-refractivity contribution in [1.82, 2.24) is 4.98 Å². The van der Waals surface area contributed by atoms with Crippen molar-refractivity contribution < 1.29 is 5.02 Å². The van der Waals surface area contributed by atoms with Crippen molar-refractivity contribution in [1.29, 1.82) is 0 Å². The summed E-state index contributed by atoms with van der Waals surface area (Å²) in [5.41, 5.74) is 6.17. The van der Waals surface area contributed by atoms with Gasteiger partial charge in [0.05, 0.1) is 5.52 Å². The van der Waals surface area contributed by atoms with Crippen LogP contribution in [-0.4, -0.2) is 16.9 Å². The van der Waals surface area contributed by atoms with Gasteiger partial charge in [0.25, 0.3) is 0 Å². The Morgan fingerprint density at radius 1 is 0.952 bits per heavy atom. The van der Waals surface area contributed by atoms with Gasteiger partial charge in [0.15, 0.2) is 0 Å². The molecule has 3 heteroatoms. The Hall–Kier alpha value is -2.13. The highest BCUT2D eigenvalue weighted by molar-refractivity contribution is 6.81. The molecule has 2 nitrogen and oxygen atoms in total. The zero-order chi connectivity index (χ0) is 15.0. The second kappa shape index (κ2) is 5.34. The van der Waals surface area contributed by atoms with E-state index in [2.05, 4.69) is 37.9 Å². The van der Waals surface area contributed by atoms with Gasteiger partial charge in [-0.05, 0) is 43.1 Å². The summed E-state index contributed by atoms with van der Waals surface area (Å²) >= 11 is 0. The normalized spacial score (nSPS) is 10.9. The van der Waals surface area contributed by atoms with Gasteiger partial charge in [-0.2, -0.15) is 0 Å². The molecule has 21 heavy (non-hydrogen) atoms. The van der Waals surface area contributed by atoms with E-state index in [1.807, 2.05) is 30.3 Å². The lowest BCUT2D eigenvalue weighted by atomic mass is 9.53. The molecule has 0 fully saturated rings. The molecule has 3 aromatic rings. The van der Waals surface area contributed by atoms with Gasteiger partial charge in [-0.15, -0.1) is 0 Å². The van der Waals surface area contributed by atoms with E-state index in [4.69, 9.17) is 0 Å². The summed E-state index contributed by atoms with van der Waals surface area (Å²) in [6.45, 7) is 5.54. The van der Waals surface area contributed by atoms with Crippen LogP contribution in [0.15, 0.2) is 48.7 Å². The van der Waals surface area contributed by atoms with Gasteiger partial charge in [0.1, 0.15) is 0 Å². The van der Waals surface area contributed by atoms with Crippen LogP contribution in [0.25, 0.3) is 10.9 Å². The maximum Gasteiger partial charge on any atom is 0.361 e. The molecular weight excluding hydrogens is 257 g/mol. The first kappa shape index (κ1) is 13.8. The summed E-state index contributed by atoms with van der Waals surface area (Å²) in [6, 6.07) is 14.1. The molecule has 0 aliphatic rings. The number of aromatic nitrogens is 1. The Morgan fingerprint density at radius 2 is 1.62 bits per heavy atom. The molecule has 0 bridgehead atoms. The summed E-state index contributed by atoms with van der Waals surface area (Å²) in [4.78, 5) is 4.44. The number of rotatable bonds is 2. The van der Waals surface area contributed by atoms with Gasteiger partial charge in [-0.3, -0.25) is 4.98 Å². The maximum absolute atomic E-state index is 10.9. The monoisotopic (exact) mass is 275 g/mol. The number of nitrogens with zero attached hydrogens (tertiary/aromatic N) is 1. The van der Waals surface area contributed by atoms with Crippen LogP contribution in [0.5, 0.6) is 0 Å². The first-order valence-electron chi connectivity index (χ1n) is 7.17. The van der Waals surface area contributed by atoms with E-state index in [1.165, 1.54) is 5.56 Å². The van der Waals surface area contributed by atoms with Gasteiger partial charge in [-0.25, -0.2) is 0 Å². The minimum atomic E-state index is -0.649. The molecule has 1 heterocycles. The van der Waals surface area contributed by atoms with E-state index in [0.717, 1.165) is 33.0 Å². The molecule has 0 spiro atoms. The van der Waals surface area contributed by atoms with Gasteiger partial charge < -0.3 is 5.02 Å². The predicted molar refractivity (Wildman–Crippen MR) is 89.6 cm³/mol. The zero-order valence-corrected chi connectivity index (χ0v) is 12.6. The van der Waals surface area contributed by atoms with Crippen LogP contribution in [0.2, 0.25) is 0 Å². The molecule has 0 saturated carbocycles. The predicted octanol–water partition coefficient (Wildman–Crippen LogP) is 2.26. The average molecular weight is 275 g/mol.